The molecule has 0 radical (unpaired) electrons. The van der Waals surface area contributed by atoms with Crippen LogP contribution in [0.5, 0.6) is 0 Å². The summed E-state index contributed by atoms with van der Waals surface area (Å²) in [6.45, 7) is 8.83. The van der Waals surface area contributed by atoms with Gasteiger partial charge in [-0.1, -0.05) is 45.7 Å². The van der Waals surface area contributed by atoms with Gasteiger partial charge in [-0.05, 0) is 54.1 Å². The second kappa shape index (κ2) is 9.41. The molecule has 2 heterocycles. The third-order valence-corrected chi connectivity index (χ3v) is 8.26. The summed E-state index contributed by atoms with van der Waals surface area (Å²) in [5, 5.41) is 18.4. The van der Waals surface area contributed by atoms with Gasteiger partial charge in [0, 0.05) is 12.2 Å². The Bertz CT molecular complexity index is 1060. The predicted octanol–water partition coefficient (Wildman–Crippen LogP) is 3.83. The molecule has 3 saturated carbocycles. The molecule has 5 atom stereocenters. The van der Waals surface area contributed by atoms with E-state index in [2.05, 4.69) is 46.7 Å². The van der Waals surface area contributed by atoms with Crippen LogP contribution in [0.15, 0.2) is 29.5 Å². The van der Waals surface area contributed by atoms with Crippen molar-refractivity contribution in [1.82, 2.24) is 25.3 Å². The molecule has 2 aromatic heterocycles. The number of carbonyl (C=O) groups is 1. The van der Waals surface area contributed by atoms with E-state index < -0.39 is 5.56 Å². The van der Waals surface area contributed by atoms with Crippen molar-refractivity contribution in [2.24, 2.45) is 23.2 Å². The van der Waals surface area contributed by atoms with Crippen LogP contribution in [0.1, 0.15) is 65.0 Å². The van der Waals surface area contributed by atoms with E-state index in [0.717, 1.165) is 29.5 Å². The molecule has 3 aliphatic carbocycles. The molecule has 0 aliphatic heterocycles. The highest BCUT2D eigenvalue weighted by Crippen LogP contribution is 2.61. The van der Waals surface area contributed by atoms with Crippen LogP contribution in [0.2, 0.25) is 5.02 Å². The largest absolute Gasteiger partial charge is 0.379 e. The summed E-state index contributed by atoms with van der Waals surface area (Å²) in [6, 6.07) is 1.89. The molecule has 2 bridgehead atoms. The Morgan fingerprint density at radius 2 is 2.09 bits per heavy atom. The number of anilines is 1. The van der Waals surface area contributed by atoms with Crippen LogP contribution in [0.25, 0.3) is 0 Å². The molecule has 2 N–H and O–H groups in total. The third kappa shape index (κ3) is 4.63. The van der Waals surface area contributed by atoms with Gasteiger partial charge < -0.3 is 10.6 Å². The topological polar surface area (TPSA) is 102 Å². The van der Waals surface area contributed by atoms with Crippen LogP contribution in [0.3, 0.4) is 0 Å². The van der Waals surface area contributed by atoms with Gasteiger partial charge in [-0.2, -0.15) is 15.3 Å². The normalized spacial score (nSPS) is 26.2. The smallest absolute Gasteiger partial charge is 0.288 e. The Kier molecular flexibility index (Phi) is 6.75. The quantitative estimate of drug-likeness (QED) is 0.605. The molecular formula is C24H33ClN6O2. The van der Waals surface area contributed by atoms with Gasteiger partial charge in [0.1, 0.15) is 11.6 Å². The molecule has 1 unspecified atom stereocenters. The lowest BCUT2D eigenvalue weighted by Crippen LogP contribution is -2.58. The van der Waals surface area contributed by atoms with Crippen molar-refractivity contribution in [3.63, 3.8) is 0 Å². The lowest BCUT2D eigenvalue weighted by atomic mass is 9.45. The van der Waals surface area contributed by atoms with Gasteiger partial charge in [0.15, 0.2) is 0 Å². The number of aromatic nitrogens is 4. The minimum atomic E-state index is -0.469. The van der Waals surface area contributed by atoms with E-state index in [4.69, 9.17) is 11.6 Å². The van der Waals surface area contributed by atoms with Gasteiger partial charge >= 0.3 is 0 Å². The zero-order valence-corrected chi connectivity index (χ0v) is 20.5. The van der Waals surface area contributed by atoms with E-state index in [1.54, 1.807) is 18.6 Å². The fourth-order valence-electron chi connectivity index (χ4n) is 5.71. The van der Waals surface area contributed by atoms with Crippen molar-refractivity contribution in [3.05, 3.63) is 45.6 Å². The molecule has 0 spiro atoms. The summed E-state index contributed by atoms with van der Waals surface area (Å²) in [4.78, 5) is 25.5. The number of fused-ring (bicyclic) bond motifs is 2. The number of rotatable bonds is 8. The van der Waals surface area contributed by atoms with Crippen molar-refractivity contribution in [3.8, 4) is 0 Å². The van der Waals surface area contributed by atoms with Gasteiger partial charge in [0.05, 0.1) is 24.1 Å². The molecule has 0 aromatic carbocycles. The summed E-state index contributed by atoms with van der Waals surface area (Å²) in [5.41, 5.74) is 1.34. The SMILES string of the molecule is CCCC(NC(=O)Cn1ncc(N[C@@H]2C[C@@H]3C[C@H]([C@H]2C)C3(C)C)c(Cl)c1=O)c1ccnnc1. The molecule has 3 aliphatic rings. The summed E-state index contributed by atoms with van der Waals surface area (Å²) < 4.78 is 1.11. The minimum absolute atomic E-state index is 0.0759. The Hall–Kier alpha value is -2.48. The fraction of sp³-hybridized carbons (Fsp3) is 0.625. The van der Waals surface area contributed by atoms with Crippen LogP contribution in [0, 0.1) is 23.2 Å². The summed E-state index contributed by atoms with van der Waals surface area (Å²) >= 11 is 6.42. The summed E-state index contributed by atoms with van der Waals surface area (Å²) in [7, 11) is 0. The molecule has 5 rings (SSSR count). The Labute approximate surface area is 199 Å². The van der Waals surface area contributed by atoms with E-state index in [9.17, 15) is 9.59 Å². The zero-order valence-electron chi connectivity index (χ0n) is 19.7. The Balaban J connectivity index is 1.42. The maximum atomic E-state index is 12.8. The minimum Gasteiger partial charge on any atom is -0.379 e. The van der Waals surface area contributed by atoms with Crippen LogP contribution in [-0.2, 0) is 11.3 Å². The first kappa shape index (κ1) is 23.7. The number of halogens is 1. The van der Waals surface area contributed by atoms with Crippen molar-refractivity contribution >= 4 is 23.2 Å². The molecule has 3 fully saturated rings. The van der Waals surface area contributed by atoms with Crippen LogP contribution >= 0.6 is 11.6 Å². The van der Waals surface area contributed by atoms with E-state index >= 15 is 0 Å². The van der Waals surface area contributed by atoms with Gasteiger partial charge in [0.2, 0.25) is 5.91 Å². The number of carbonyl (C=O) groups excluding carboxylic acids is 1. The van der Waals surface area contributed by atoms with Crippen LogP contribution in [-0.4, -0.2) is 31.9 Å². The van der Waals surface area contributed by atoms with E-state index in [0.29, 0.717) is 28.9 Å². The fourth-order valence-corrected chi connectivity index (χ4v) is 5.91. The maximum Gasteiger partial charge on any atom is 0.288 e. The molecule has 0 saturated heterocycles. The molecule has 1 amide bonds. The second-order valence-corrected chi connectivity index (χ2v) is 10.5. The van der Waals surface area contributed by atoms with E-state index in [1.165, 1.54) is 6.42 Å². The Morgan fingerprint density at radius 3 is 2.73 bits per heavy atom. The van der Waals surface area contributed by atoms with Crippen molar-refractivity contribution in [1.29, 1.82) is 0 Å². The third-order valence-electron chi connectivity index (χ3n) is 7.90. The first-order valence-electron chi connectivity index (χ1n) is 11.8. The standard InChI is InChI=1S/C24H33ClN6O2/c1-5-6-18(15-7-8-26-27-11-15)30-21(32)13-31-23(33)22(25)20(12-28-31)29-19-10-16-9-17(14(19)2)24(16,3)4/h7-8,11-12,14,16-19,29H,5-6,9-10,13H2,1-4H3,(H,30,32)/t14-,16+,17-,18?,19-/m1/s1. The molecule has 33 heavy (non-hydrogen) atoms. The second-order valence-electron chi connectivity index (χ2n) is 10.1. The lowest BCUT2D eigenvalue weighted by Gasteiger charge is -2.62. The highest BCUT2D eigenvalue weighted by atomic mass is 35.5. The number of hydrogen-bond acceptors (Lipinski definition) is 6. The number of hydrogen-bond donors (Lipinski definition) is 2. The predicted molar refractivity (Wildman–Crippen MR) is 128 cm³/mol. The number of nitrogens with zero attached hydrogens (tertiary/aromatic N) is 4. The Morgan fingerprint density at radius 1 is 1.30 bits per heavy atom. The van der Waals surface area contributed by atoms with Gasteiger partial charge in [-0.25, -0.2) is 4.68 Å². The monoisotopic (exact) mass is 472 g/mol. The summed E-state index contributed by atoms with van der Waals surface area (Å²) in [5.74, 6) is 1.56. The number of amides is 1. The first-order valence-corrected chi connectivity index (χ1v) is 12.2. The average Bonchev–Trinajstić information content (AvgIpc) is 2.79. The van der Waals surface area contributed by atoms with Gasteiger partial charge in [0.25, 0.3) is 5.56 Å². The van der Waals surface area contributed by atoms with E-state index in [1.807, 2.05) is 13.0 Å². The van der Waals surface area contributed by atoms with Crippen molar-refractivity contribution in [2.45, 2.75) is 72.0 Å². The molecule has 8 nitrogen and oxygen atoms in total. The maximum absolute atomic E-state index is 12.8. The average molecular weight is 473 g/mol. The highest BCUT2D eigenvalue weighted by Gasteiger charge is 2.56. The molecular weight excluding hydrogens is 440 g/mol. The molecule has 2 aromatic rings. The molecule has 9 heteroatoms. The van der Waals surface area contributed by atoms with Crippen LogP contribution < -0.4 is 16.2 Å². The highest BCUT2D eigenvalue weighted by molar-refractivity contribution is 6.32. The van der Waals surface area contributed by atoms with Gasteiger partial charge in [-0.3, -0.25) is 9.59 Å². The zero-order chi connectivity index (χ0) is 23.8. The van der Waals surface area contributed by atoms with Crippen molar-refractivity contribution in [2.75, 3.05) is 5.32 Å². The van der Waals surface area contributed by atoms with Crippen LogP contribution in [0.4, 0.5) is 5.69 Å². The summed E-state index contributed by atoms with van der Waals surface area (Å²) in [6.07, 6.45) is 8.78. The number of nitrogens with one attached hydrogen (secondary N) is 2. The first-order chi connectivity index (χ1) is 15.7. The van der Waals surface area contributed by atoms with E-state index in [-0.39, 0.29) is 29.6 Å². The lowest BCUT2D eigenvalue weighted by molar-refractivity contribution is -0.122. The molecule has 178 valence electrons. The van der Waals surface area contributed by atoms with Gasteiger partial charge in [-0.15, -0.1) is 0 Å². The van der Waals surface area contributed by atoms with Crippen molar-refractivity contribution < 1.29 is 4.79 Å².